The van der Waals surface area contributed by atoms with E-state index in [0.717, 1.165) is 25.9 Å². The summed E-state index contributed by atoms with van der Waals surface area (Å²) in [5, 5.41) is 2.86. The van der Waals surface area contributed by atoms with E-state index in [9.17, 15) is 9.18 Å². The molecule has 0 aliphatic carbocycles. The molecule has 1 aliphatic heterocycles. The predicted molar refractivity (Wildman–Crippen MR) is 76.5 cm³/mol. The van der Waals surface area contributed by atoms with Gasteiger partial charge in [-0.1, -0.05) is 12.8 Å². The van der Waals surface area contributed by atoms with E-state index >= 15 is 0 Å². The van der Waals surface area contributed by atoms with Crippen molar-refractivity contribution in [3.05, 3.63) is 24.0 Å². The highest BCUT2D eigenvalue weighted by Crippen LogP contribution is 2.21. The van der Waals surface area contributed by atoms with Crippen molar-refractivity contribution in [3.63, 3.8) is 0 Å². The lowest BCUT2D eigenvalue weighted by molar-refractivity contribution is -0.129. The summed E-state index contributed by atoms with van der Waals surface area (Å²) in [6.45, 7) is 1.73. The lowest BCUT2D eigenvalue weighted by Gasteiger charge is -2.20. The van der Waals surface area contributed by atoms with E-state index in [0.29, 0.717) is 11.4 Å². The molecule has 20 heavy (non-hydrogen) atoms. The van der Waals surface area contributed by atoms with Gasteiger partial charge in [-0.05, 0) is 25.0 Å². The number of amides is 1. The van der Waals surface area contributed by atoms with Gasteiger partial charge in [0.15, 0.2) is 0 Å². The Labute approximate surface area is 118 Å². The molecule has 2 rings (SSSR count). The van der Waals surface area contributed by atoms with Crippen molar-refractivity contribution in [1.29, 1.82) is 0 Å². The van der Waals surface area contributed by atoms with Crippen molar-refractivity contribution >= 4 is 11.6 Å². The Morgan fingerprint density at radius 3 is 2.65 bits per heavy atom. The van der Waals surface area contributed by atoms with Crippen molar-refractivity contribution in [2.75, 3.05) is 32.1 Å². The molecule has 0 radical (unpaired) electrons. The van der Waals surface area contributed by atoms with Crippen LogP contribution in [0.25, 0.3) is 0 Å². The number of carbonyl (C=O) groups excluding carboxylic acids is 1. The van der Waals surface area contributed by atoms with Gasteiger partial charge < -0.3 is 15.0 Å². The average molecular weight is 280 g/mol. The van der Waals surface area contributed by atoms with E-state index in [4.69, 9.17) is 4.74 Å². The number of likely N-dealkylation sites (tertiary alicyclic amines) is 1. The molecule has 1 saturated heterocycles. The Bertz CT molecular complexity index is 457. The van der Waals surface area contributed by atoms with Crippen LogP contribution in [-0.2, 0) is 4.79 Å². The predicted octanol–water partition coefficient (Wildman–Crippen LogP) is 2.65. The SMILES string of the molecule is COc1ccc(F)c(NCC(=O)N2CCCCCC2)c1. The number of benzene rings is 1. The van der Waals surface area contributed by atoms with Crippen LogP contribution in [0.2, 0.25) is 0 Å². The Morgan fingerprint density at radius 2 is 2.00 bits per heavy atom. The molecule has 1 amide bonds. The zero-order valence-electron chi connectivity index (χ0n) is 11.8. The molecule has 1 aliphatic rings. The number of ether oxygens (including phenoxy) is 1. The third-order valence-corrected chi connectivity index (χ3v) is 3.56. The summed E-state index contributed by atoms with van der Waals surface area (Å²) in [7, 11) is 1.53. The first kappa shape index (κ1) is 14.6. The van der Waals surface area contributed by atoms with Gasteiger partial charge in [0, 0.05) is 19.2 Å². The molecule has 5 heteroatoms. The summed E-state index contributed by atoms with van der Waals surface area (Å²) in [6.07, 6.45) is 4.47. The van der Waals surface area contributed by atoms with E-state index in [2.05, 4.69) is 5.32 Å². The zero-order valence-corrected chi connectivity index (χ0v) is 11.8. The standard InChI is InChI=1S/C15H21FN2O2/c1-20-12-6-7-13(16)14(10-12)17-11-15(19)18-8-4-2-3-5-9-18/h6-7,10,17H,2-5,8-9,11H2,1H3. The minimum atomic E-state index is -0.380. The first-order valence-corrected chi connectivity index (χ1v) is 7.06. The normalized spacial score (nSPS) is 15.6. The maximum absolute atomic E-state index is 13.6. The molecule has 1 heterocycles. The van der Waals surface area contributed by atoms with Crippen LogP contribution in [0.1, 0.15) is 25.7 Å². The van der Waals surface area contributed by atoms with E-state index < -0.39 is 0 Å². The van der Waals surface area contributed by atoms with Crippen molar-refractivity contribution in [3.8, 4) is 5.75 Å². The van der Waals surface area contributed by atoms with Gasteiger partial charge in [-0.3, -0.25) is 4.79 Å². The van der Waals surface area contributed by atoms with E-state index in [1.54, 1.807) is 12.1 Å². The molecule has 0 bridgehead atoms. The number of hydrogen-bond acceptors (Lipinski definition) is 3. The maximum Gasteiger partial charge on any atom is 0.241 e. The van der Waals surface area contributed by atoms with Crippen LogP contribution in [0.15, 0.2) is 18.2 Å². The van der Waals surface area contributed by atoms with Gasteiger partial charge in [-0.2, -0.15) is 0 Å². The fraction of sp³-hybridized carbons (Fsp3) is 0.533. The summed E-state index contributed by atoms with van der Waals surface area (Å²) >= 11 is 0. The number of rotatable bonds is 4. The molecule has 1 aromatic rings. The monoisotopic (exact) mass is 280 g/mol. The molecule has 1 fully saturated rings. The highest BCUT2D eigenvalue weighted by atomic mass is 19.1. The van der Waals surface area contributed by atoms with Gasteiger partial charge in [-0.15, -0.1) is 0 Å². The van der Waals surface area contributed by atoms with Crippen LogP contribution in [0, 0.1) is 5.82 Å². The first-order chi connectivity index (χ1) is 9.70. The number of nitrogens with one attached hydrogen (secondary N) is 1. The van der Waals surface area contributed by atoms with Gasteiger partial charge in [0.1, 0.15) is 11.6 Å². The lowest BCUT2D eigenvalue weighted by atomic mass is 10.2. The van der Waals surface area contributed by atoms with E-state index in [1.165, 1.54) is 26.0 Å². The number of methoxy groups -OCH3 is 1. The maximum atomic E-state index is 13.6. The third-order valence-electron chi connectivity index (χ3n) is 3.56. The van der Waals surface area contributed by atoms with Crippen LogP contribution >= 0.6 is 0 Å². The number of halogens is 1. The van der Waals surface area contributed by atoms with Crippen molar-refractivity contribution in [1.82, 2.24) is 4.90 Å². The minimum absolute atomic E-state index is 0.0223. The largest absolute Gasteiger partial charge is 0.497 e. The minimum Gasteiger partial charge on any atom is -0.497 e. The smallest absolute Gasteiger partial charge is 0.241 e. The molecule has 0 saturated carbocycles. The van der Waals surface area contributed by atoms with Gasteiger partial charge in [0.2, 0.25) is 5.91 Å². The molecule has 110 valence electrons. The fourth-order valence-corrected chi connectivity index (χ4v) is 2.37. The molecular weight excluding hydrogens is 259 g/mol. The first-order valence-electron chi connectivity index (χ1n) is 7.06. The Balaban J connectivity index is 1.92. The van der Waals surface area contributed by atoms with Gasteiger partial charge in [-0.25, -0.2) is 4.39 Å². The second-order valence-electron chi connectivity index (χ2n) is 4.99. The van der Waals surface area contributed by atoms with E-state index in [1.807, 2.05) is 4.90 Å². The van der Waals surface area contributed by atoms with Crippen molar-refractivity contribution in [2.45, 2.75) is 25.7 Å². The highest BCUT2D eigenvalue weighted by molar-refractivity contribution is 5.81. The number of hydrogen-bond donors (Lipinski definition) is 1. The second kappa shape index (κ2) is 7.12. The molecular formula is C15H21FN2O2. The summed E-state index contributed by atoms with van der Waals surface area (Å²) in [4.78, 5) is 14.0. The fourth-order valence-electron chi connectivity index (χ4n) is 2.37. The van der Waals surface area contributed by atoms with Crippen LogP contribution in [0.4, 0.5) is 10.1 Å². The Kier molecular flexibility index (Phi) is 5.21. The van der Waals surface area contributed by atoms with Crippen molar-refractivity contribution < 1.29 is 13.9 Å². The van der Waals surface area contributed by atoms with Gasteiger partial charge >= 0.3 is 0 Å². The third kappa shape index (κ3) is 3.85. The van der Waals surface area contributed by atoms with Crippen molar-refractivity contribution in [2.24, 2.45) is 0 Å². The number of nitrogens with zero attached hydrogens (tertiary/aromatic N) is 1. The Hall–Kier alpha value is -1.78. The summed E-state index contributed by atoms with van der Waals surface area (Å²) in [5.41, 5.74) is 0.299. The highest BCUT2D eigenvalue weighted by Gasteiger charge is 2.15. The number of anilines is 1. The van der Waals surface area contributed by atoms with Gasteiger partial charge in [0.05, 0.1) is 19.3 Å². The summed E-state index contributed by atoms with van der Waals surface area (Å²) in [6, 6.07) is 4.44. The van der Waals surface area contributed by atoms with Crippen LogP contribution in [-0.4, -0.2) is 37.6 Å². The molecule has 1 aromatic carbocycles. The molecule has 0 unspecified atom stereocenters. The quantitative estimate of drug-likeness (QED) is 0.922. The molecule has 0 aromatic heterocycles. The summed E-state index contributed by atoms with van der Waals surface area (Å²) in [5.74, 6) is 0.208. The van der Waals surface area contributed by atoms with Gasteiger partial charge in [0.25, 0.3) is 0 Å². The summed E-state index contributed by atoms with van der Waals surface area (Å²) < 4.78 is 18.7. The van der Waals surface area contributed by atoms with Crippen LogP contribution < -0.4 is 10.1 Å². The zero-order chi connectivity index (χ0) is 14.4. The second-order valence-corrected chi connectivity index (χ2v) is 4.99. The topological polar surface area (TPSA) is 41.6 Å². The molecule has 1 N–H and O–H groups in total. The molecule has 0 spiro atoms. The van der Waals surface area contributed by atoms with E-state index in [-0.39, 0.29) is 18.3 Å². The lowest BCUT2D eigenvalue weighted by Crippen LogP contribution is -2.36. The molecule has 4 nitrogen and oxygen atoms in total. The van der Waals surface area contributed by atoms with Crippen LogP contribution in [0.5, 0.6) is 5.75 Å². The average Bonchev–Trinajstić information content (AvgIpc) is 2.75. The Morgan fingerprint density at radius 1 is 1.30 bits per heavy atom. The number of carbonyl (C=O) groups is 1. The van der Waals surface area contributed by atoms with Crippen LogP contribution in [0.3, 0.4) is 0 Å². The molecule has 0 atom stereocenters.